The molecule has 0 unspecified atom stereocenters. The van der Waals surface area contributed by atoms with Gasteiger partial charge in [0.15, 0.2) is 0 Å². The number of aryl methyl sites for hydroxylation is 1. The van der Waals surface area contributed by atoms with E-state index in [1.54, 1.807) is 10.9 Å². The molecule has 0 spiro atoms. The fourth-order valence-corrected chi connectivity index (χ4v) is 3.38. The first-order valence-corrected chi connectivity index (χ1v) is 9.59. The van der Waals surface area contributed by atoms with E-state index in [1.807, 2.05) is 54.7 Å². The average molecular weight is 423 g/mol. The summed E-state index contributed by atoms with van der Waals surface area (Å²) in [6, 6.07) is 18.0. The van der Waals surface area contributed by atoms with Crippen LogP contribution in [0.4, 0.5) is 5.82 Å². The normalized spacial score (nSPS) is 11.0. The summed E-state index contributed by atoms with van der Waals surface area (Å²) in [6.45, 7) is 0.609. The molecular weight excluding hydrogens is 404 g/mol. The quantitative estimate of drug-likeness (QED) is 0.470. The zero-order valence-corrected chi connectivity index (χ0v) is 16.2. The van der Waals surface area contributed by atoms with Crippen LogP contribution in [-0.2, 0) is 17.8 Å². The van der Waals surface area contributed by atoms with Gasteiger partial charge < -0.3 is 10.3 Å². The summed E-state index contributed by atoms with van der Waals surface area (Å²) in [7, 11) is 0. The molecule has 4 aromatic rings. The smallest absolute Gasteiger partial charge is 0.225 e. The van der Waals surface area contributed by atoms with Crippen LogP contribution in [0.1, 0.15) is 17.5 Å². The molecule has 2 heterocycles. The number of aromatic nitrogens is 3. The molecule has 2 N–H and O–H groups in total. The lowest BCUT2D eigenvalue weighted by atomic mass is 10.1. The molecule has 2 aromatic heterocycles. The van der Waals surface area contributed by atoms with E-state index < -0.39 is 0 Å². The predicted octanol–water partition coefficient (Wildman–Crippen LogP) is 4.75. The maximum absolute atomic E-state index is 12.4. The Morgan fingerprint density at radius 2 is 1.93 bits per heavy atom. The minimum atomic E-state index is -0.0159. The van der Waals surface area contributed by atoms with Crippen LogP contribution in [0.3, 0.4) is 0 Å². The van der Waals surface area contributed by atoms with Gasteiger partial charge in [0.25, 0.3) is 0 Å². The number of H-pyrrole nitrogens is 1. The van der Waals surface area contributed by atoms with E-state index in [4.69, 9.17) is 0 Å². The van der Waals surface area contributed by atoms with Gasteiger partial charge >= 0.3 is 0 Å². The second-order valence-electron chi connectivity index (χ2n) is 6.41. The monoisotopic (exact) mass is 422 g/mol. The van der Waals surface area contributed by atoms with Crippen LogP contribution in [0.2, 0.25) is 0 Å². The number of fused-ring (bicyclic) bond motifs is 1. The van der Waals surface area contributed by atoms with Crippen molar-refractivity contribution < 1.29 is 4.79 Å². The number of nitrogens with zero attached hydrogens (tertiary/aromatic N) is 2. The summed E-state index contributed by atoms with van der Waals surface area (Å²) < 4.78 is 2.84. The number of para-hydroxylation sites is 1. The lowest BCUT2D eigenvalue weighted by Crippen LogP contribution is -2.16. The number of benzene rings is 2. The van der Waals surface area contributed by atoms with Gasteiger partial charge in [0, 0.05) is 34.1 Å². The van der Waals surface area contributed by atoms with Crippen LogP contribution in [0.15, 0.2) is 71.5 Å². The molecule has 1 amide bonds. The number of carbonyl (C=O) groups is 1. The summed E-state index contributed by atoms with van der Waals surface area (Å²) in [4.78, 5) is 15.7. The topological polar surface area (TPSA) is 62.7 Å². The highest BCUT2D eigenvalue weighted by Gasteiger charge is 2.10. The molecule has 2 aromatic carbocycles. The van der Waals surface area contributed by atoms with Crippen molar-refractivity contribution in [1.82, 2.24) is 14.8 Å². The van der Waals surface area contributed by atoms with E-state index in [9.17, 15) is 4.79 Å². The fourth-order valence-electron chi connectivity index (χ4n) is 3.12. The van der Waals surface area contributed by atoms with Gasteiger partial charge in [0.1, 0.15) is 5.82 Å². The van der Waals surface area contributed by atoms with Crippen molar-refractivity contribution in [3.8, 4) is 0 Å². The maximum atomic E-state index is 12.4. The molecule has 0 aliphatic rings. The number of aromatic amines is 1. The molecule has 0 bridgehead atoms. The Hall–Kier alpha value is -2.86. The average Bonchev–Trinajstić information content (AvgIpc) is 3.29. The molecule has 0 saturated carbocycles. The minimum Gasteiger partial charge on any atom is -0.361 e. The van der Waals surface area contributed by atoms with E-state index in [1.165, 1.54) is 5.39 Å². The number of nitrogens with one attached hydrogen (secondary N) is 2. The lowest BCUT2D eigenvalue weighted by molar-refractivity contribution is -0.116. The Balaban J connectivity index is 1.38. The standard InChI is InChI=1S/C21H19BrN4O/c22-17-8-5-15(6-9-17)14-26-20(11-12-24-26)25-21(27)10-7-16-13-23-19-4-2-1-3-18(16)19/h1-6,8-9,11-13,23H,7,10,14H2,(H,25,27). The molecule has 0 aliphatic carbocycles. The summed E-state index contributed by atoms with van der Waals surface area (Å²) in [6.07, 6.45) is 4.80. The van der Waals surface area contributed by atoms with E-state index in [0.717, 1.165) is 21.1 Å². The molecular formula is C21H19BrN4O. The molecule has 5 nitrogen and oxygen atoms in total. The third-order valence-electron chi connectivity index (χ3n) is 4.53. The van der Waals surface area contributed by atoms with Crippen molar-refractivity contribution >= 4 is 38.6 Å². The van der Waals surface area contributed by atoms with Gasteiger partial charge in [0.2, 0.25) is 5.91 Å². The molecule has 4 rings (SSSR count). The third-order valence-corrected chi connectivity index (χ3v) is 5.05. The number of rotatable bonds is 6. The number of hydrogen-bond acceptors (Lipinski definition) is 2. The van der Waals surface area contributed by atoms with Crippen LogP contribution in [-0.4, -0.2) is 20.7 Å². The Bertz CT molecular complexity index is 1070. The van der Waals surface area contributed by atoms with Gasteiger partial charge in [-0.15, -0.1) is 0 Å². The van der Waals surface area contributed by atoms with Crippen molar-refractivity contribution in [3.05, 3.63) is 82.6 Å². The Kier molecular flexibility index (Phi) is 5.07. The third kappa shape index (κ3) is 4.11. The Morgan fingerprint density at radius 1 is 1.11 bits per heavy atom. The van der Waals surface area contributed by atoms with Gasteiger partial charge in [0.05, 0.1) is 12.7 Å². The summed E-state index contributed by atoms with van der Waals surface area (Å²) in [5.74, 6) is 0.694. The van der Waals surface area contributed by atoms with Crippen molar-refractivity contribution in [3.63, 3.8) is 0 Å². The number of anilines is 1. The Morgan fingerprint density at radius 3 is 2.78 bits per heavy atom. The lowest BCUT2D eigenvalue weighted by Gasteiger charge is -2.09. The van der Waals surface area contributed by atoms with Gasteiger partial charge in [-0.25, -0.2) is 4.68 Å². The zero-order valence-electron chi connectivity index (χ0n) is 14.7. The minimum absolute atomic E-state index is 0.0159. The number of carbonyl (C=O) groups excluding carboxylic acids is 1. The molecule has 0 atom stereocenters. The number of halogens is 1. The molecule has 27 heavy (non-hydrogen) atoms. The van der Waals surface area contributed by atoms with Crippen LogP contribution < -0.4 is 5.32 Å². The van der Waals surface area contributed by atoms with Crippen LogP contribution in [0.5, 0.6) is 0 Å². The molecule has 0 aliphatic heterocycles. The first-order chi connectivity index (χ1) is 13.2. The summed E-state index contributed by atoms with van der Waals surface area (Å²) in [5, 5.41) is 8.47. The molecule has 0 saturated heterocycles. The largest absolute Gasteiger partial charge is 0.361 e. The van der Waals surface area contributed by atoms with Crippen LogP contribution >= 0.6 is 15.9 Å². The predicted molar refractivity (Wildman–Crippen MR) is 111 cm³/mol. The highest BCUT2D eigenvalue weighted by molar-refractivity contribution is 9.10. The van der Waals surface area contributed by atoms with Gasteiger partial charge in [-0.05, 0) is 35.7 Å². The van der Waals surface area contributed by atoms with Crippen molar-refractivity contribution in [2.75, 3.05) is 5.32 Å². The molecule has 136 valence electrons. The highest BCUT2D eigenvalue weighted by atomic mass is 79.9. The van der Waals surface area contributed by atoms with Crippen molar-refractivity contribution in [2.45, 2.75) is 19.4 Å². The number of amides is 1. The first-order valence-electron chi connectivity index (χ1n) is 8.80. The first kappa shape index (κ1) is 17.5. The van der Waals surface area contributed by atoms with Gasteiger partial charge in [-0.3, -0.25) is 4.79 Å². The highest BCUT2D eigenvalue weighted by Crippen LogP contribution is 2.19. The fraction of sp³-hybridized carbons (Fsp3) is 0.143. The van der Waals surface area contributed by atoms with Crippen LogP contribution in [0, 0.1) is 0 Å². The molecule has 6 heteroatoms. The van der Waals surface area contributed by atoms with Gasteiger partial charge in [-0.1, -0.05) is 46.3 Å². The van der Waals surface area contributed by atoms with Crippen LogP contribution in [0.25, 0.3) is 10.9 Å². The van der Waals surface area contributed by atoms with Crippen molar-refractivity contribution in [2.24, 2.45) is 0 Å². The number of hydrogen-bond donors (Lipinski definition) is 2. The second kappa shape index (κ2) is 7.80. The maximum Gasteiger partial charge on any atom is 0.225 e. The van der Waals surface area contributed by atoms with E-state index in [0.29, 0.717) is 25.2 Å². The van der Waals surface area contributed by atoms with E-state index >= 15 is 0 Å². The van der Waals surface area contributed by atoms with E-state index in [-0.39, 0.29) is 5.91 Å². The molecule has 0 fully saturated rings. The zero-order chi connectivity index (χ0) is 18.6. The van der Waals surface area contributed by atoms with Gasteiger partial charge in [-0.2, -0.15) is 5.10 Å². The SMILES string of the molecule is O=C(CCc1c[nH]c2ccccc12)Nc1ccnn1Cc1ccc(Br)cc1. The summed E-state index contributed by atoms with van der Waals surface area (Å²) >= 11 is 3.44. The molecule has 0 radical (unpaired) electrons. The second-order valence-corrected chi connectivity index (χ2v) is 7.32. The van der Waals surface area contributed by atoms with Crippen molar-refractivity contribution in [1.29, 1.82) is 0 Å². The van der Waals surface area contributed by atoms with E-state index in [2.05, 4.69) is 37.4 Å². The summed E-state index contributed by atoms with van der Waals surface area (Å²) in [5.41, 5.74) is 3.38. The Labute approximate surface area is 165 Å².